The van der Waals surface area contributed by atoms with E-state index in [4.69, 9.17) is 31.5 Å². The van der Waals surface area contributed by atoms with E-state index in [1.165, 1.54) is 6.07 Å². The van der Waals surface area contributed by atoms with Crippen LogP contribution in [0, 0.1) is 0 Å². The van der Waals surface area contributed by atoms with Gasteiger partial charge in [0, 0.05) is 0 Å². The van der Waals surface area contributed by atoms with Crippen molar-refractivity contribution in [2.75, 3.05) is 18.9 Å². The number of esters is 1. The van der Waals surface area contributed by atoms with Gasteiger partial charge >= 0.3 is 5.97 Å². The maximum absolute atomic E-state index is 12.0. The van der Waals surface area contributed by atoms with Gasteiger partial charge in [0.05, 0.1) is 16.3 Å². The Morgan fingerprint density at radius 1 is 1.27 bits per heavy atom. The fourth-order valence-corrected chi connectivity index (χ4v) is 2.19. The lowest BCUT2D eigenvalue weighted by Gasteiger charge is -2.26. The van der Waals surface area contributed by atoms with Crippen molar-refractivity contribution in [1.29, 1.82) is 0 Å². The average molecular weight is 320 g/mol. The Balaban J connectivity index is 1.59. The van der Waals surface area contributed by atoms with Crippen LogP contribution in [-0.2, 0) is 4.74 Å². The summed E-state index contributed by atoms with van der Waals surface area (Å²) in [5.41, 5.74) is 6.35. The first-order chi connectivity index (χ1) is 10.6. The molecule has 2 aromatic carbocycles. The van der Waals surface area contributed by atoms with Crippen molar-refractivity contribution in [3.05, 3.63) is 53.1 Å². The van der Waals surface area contributed by atoms with E-state index in [0.717, 1.165) is 0 Å². The van der Waals surface area contributed by atoms with Gasteiger partial charge in [-0.3, -0.25) is 0 Å². The number of ether oxygens (including phenoxy) is 3. The molecule has 0 amide bonds. The third kappa shape index (κ3) is 3.09. The monoisotopic (exact) mass is 319 g/mol. The highest BCUT2D eigenvalue weighted by Crippen LogP contribution is 2.31. The van der Waals surface area contributed by atoms with Crippen molar-refractivity contribution in [3.8, 4) is 11.5 Å². The first-order valence-electron chi connectivity index (χ1n) is 6.74. The maximum atomic E-state index is 12.0. The second kappa shape index (κ2) is 6.15. The molecular formula is C16H14ClNO4. The van der Waals surface area contributed by atoms with E-state index in [1.807, 2.05) is 24.3 Å². The number of anilines is 1. The molecule has 114 valence electrons. The molecule has 0 aromatic heterocycles. The molecule has 1 heterocycles. The van der Waals surface area contributed by atoms with E-state index in [0.29, 0.717) is 34.4 Å². The third-order valence-electron chi connectivity index (χ3n) is 3.20. The maximum Gasteiger partial charge on any atom is 0.338 e. The minimum absolute atomic E-state index is 0.0930. The molecule has 0 saturated heterocycles. The summed E-state index contributed by atoms with van der Waals surface area (Å²) >= 11 is 5.82. The van der Waals surface area contributed by atoms with E-state index in [-0.39, 0.29) is 12.7 Å². The van der Waals surface area contributed by atoms with Gasteiger partial charge in [0.2, 0.25) is 0 Å². The molecule has 0 fully saturated rings. The minimum atomic E-state index is -0.481. The molecule has 0 saturated carbocycles. The predicted octanol–water partition coefficient (Wildman–Crippen LogP) is 2.92. The molecule has 2 aromatic rings. The van der Waals surface area contributed by atoms with Gasteiger partial charge in [-0.05, 0) is 30.3 Å². The molecule has 0 aliphatic carbocycles. The molecule has 1 unspecified atom stereocenters. The first kappa shape index (κ1) is 14.5. The fraction of sp³-hybridized carbons (Fsp3) is 0.188. The zero-order chi connectivity index (χ0) is 15.5. The largest absolute Gasteiger partial charge is 0.486 e. The number of hydrogen-bond acceptors (Lipinski definition) is 5. The highest BCUT2D eigenvalue weighted by atomic mass is 35.5. The Bertz CT molecular complexity index is 704. The topological polar surface area (TPSA) is 70.8 Å². The van der Waals surface area contributed by atoms with Crippen LogP contribution in [0.25, 0.3) is 0 Å². The van der Waals surface area contributed by atoms with E-state index in [2.05, 4.69) is 0 Å². The molecule has 0 radical (unpaired) electrons. The van der Waals surface area contributed by atoms with Gasteiger partial charge in [0.15, 0.2) is 17.6 Å². The van der Waals surface area contributed by atoms with Crippen molar-refractivity contribution in [2.24, 2.45) is 0 Å². The van der Waals surface area contributed by atoms with Crippen molar-refractivity contribution in [1.82, 2.24) is 0 Å². The fourth-order valence-electron chi connectivity index (χ4n) is 2.07. The minimum Gasteiger partial charge on any atom is -0.486 e. The lowest BCUT2D eigenvalue weighted by atomic mass is 10.2. The summed E-state index contributed by atoms with van der Waals surface area (Å²) in [5, 5.41) is 0.400. The Morgan fingerprint density at radius 3 is 2.82 bits per heavy atom. The van der Waals surface area contributed by atoms with Crippen LogP contribution < -0.4 is 15.2 Å². The van der Waals surface area contributed by atoms with E-state index >= 15 is 0 Å². The van der Waals surface area contributed by atoms with Crippen LogP contribution in [0.3, 0.4) is 0 Å². The number of halogens is 1. The van der Waals surface area contributed by atoms with Crippen LogP contribution in [-0.4, -0.2) is 25.3 Å². The van der Waals surface area contributed by atoms with Crippen LogP contribution in [0.2, 0.25) is 5.02 Å². The summed E-state index contributed by atoms with van der Waals surface area (Å²) in [5.74, 6) is 0.854. The molecule has 0 bridgehead atoms. The summed E-state index contributed by atoms with van der Waals surface area (Å²) in [7, 11) is 0. The molecule has 1 aliphatic rings. The van der Waals surface area contributed by atoms with Crippen molar-refractivity contribution in [3.63, 3.8) is 0 Å². The van der Waals surface area contributed by atoms with Crippen LogP contribution in [0.4, 0.5) is 5.69 Å². The van der Waals surface area contributed by atoms with Gasteiger partial charge in [0.25, 0.3) is 0 Å². The van der Waals surface area contributed by atoms with Gasteiger partial charge in [-0.15, -0.1) is 0 Å². The normalized spacial score (nSPS) is 16.1. The lowest BCUT2D eigenvalue weighted by molar-refractivity contribution is 0.0110. The zero-order valence-corrected chi connectivity index (χ0v) is 12.4. The molecule has 6 heteroatoms. The predicted molar refractivity (Wildman–Crippen MR) is 82.5 cm³/mol. The molecular weight excluding hydrogens is 306 g/mol. The highest BCUT2D eigenvalue weighted by Gasteiger charge is 2.22. The molecule has 3 rings (SSSR count). The first-order valence-corrected chi connectivity index (χ1v) is 7.12. The van der Waals surface area contributed by atoms with Gasteiger partial charge in [-0.2, -0.15) is 0 Å². The SMILES string of the molecule is Nc1cc(C(=O)OCC2COc3ccccc3O2)ccc1Cl. The second-order valence-electron chi connectivity index (χ2n) is 4.83. The molecule has 22 heavy (non-hydrogen) atoms. The van der Waals surface area contributed by atoms with Crippen molar-refractivity contribution < 1.29 is 19.0 Å². The Kier molecular flexibility index (Phi) is 4.06. The zero-order valence-electron chi connectivity index (χ0n) is 11.6. The van der Waals surface area contributed by atoms with Crippen LogP contribution in [0.5, 0.6) is 11.5 Å². The second-order valence-corrected chi connectivity index (χ2v) is 5.24. The van der Waals surface area contributed by atoms with E-state index in [9.17, 15) is 4.79 Å². The smallest absolute Gasteiger partial charge is 0.338 e. The van der Waals surface area contributed by atoms with Crippen LogP contribution >= 0.6 is 11.6 Å². The van der Waals surface area contributed by atoms with Crippen LogP contribution in [0.15, 0.2) is 42.5 Å². The molecule has 2 N–H and O–H groups in total. The van der Waals surface area contributed by atoms with Gasteiger partial charge in [-0.1, -0.05) is 23.7 Å². The Hall–Kier alpha value is -2.40. The molecule has 5 nitrogen and oxygen atoms in total. The van der Waals surface area contributed by atoms with E-state index < -0.39 is 5.97 Å². The average Bonchev–Trinajstić information content (AvgIpc) is 2.55. The summed E-state index contributed by atoms with van der Waals surface area (Å²) < 4.78 is 16.5. The number of nitrogen functional groups attached to an aromatic ring is 1. The van der Waals surface area contributed by atoms with Gasteiger partial charge in [0.1, 0.15) is 13.2 Å². The summed E-state index contributed by atoms with van der Waals surface area (Å²) in [4.78, 5) is 12.0. The number of benzene rings is 2. The number of nitrogens with two attached hydrogens (primary N) is 1. The standard InChI is InChI=1S/C16H14ClNO4/c17-12-6-5-10(7-13(12)18)16(19)21-9-11-8-20-14-3-1-2-4-15(14)22-11/h1-7,11H,8-9,18H2. The van der Waals surface area contributed by atoms with Crippen LogP contribution in [0.1, 0.15) is 10.4 Å². The number of rotatable bonds is 3. The number of hydrogen-bond donors (Lipinski definition) is 1. The number of fused-ring (bicyclic) bond motifs is 1. The van der Waals surface area contributed by atoms with Crippen molar-refractivity contribution in [2.45, 2.75) is 6.10 Å². The number of para-hydroxylation sites is 2. The highest BCUT2D eigenvalue weighted by molar-refractivity contribution is 6.33. The molecule has 1 aliphatic heterocycles. The van der Waals surface area contributed by atoms with Gasteiger partial charge in [-0.25, -0.2) is 4.79 Å². The molecule has 0 spiro atoms. The van der Waals surface area contributed by atoms with E-state index in [1.54, 1.807) is 12.1 Å². The quantitative estimate of drug-likeness (QED) is 0.695. The van der Waals surface area contributed by atoms with Gasteiger partial charge < -0.3 is 19.9 Å². The number of carbonyl (C=O) groups excluding carboxylic acids is 1. The third-order valence-corrected chi connectivity index (χ3v) is 3.54. The molecule has 1 atom stereocenters. The number of carbonyl (C=O) groups is 1. The Morgan fingerprint density at radius 2 is 2.05 bits per heavy atom. The lowest BCUT2D eigenvalue weighted by Crippen LogP contribution is -2.34. The summed E-state index contributed by atoms with van der Waals surface area (Å²) in [6.07, 6.45) is -0.344. The Labute approximate surface area is 132 Å². The van der Waals surface area contributed by atoms with Crippen molar-refractivity contribution >= 4 is 23.3 Å². The summed E-state index contributed by atoms with van der Waals surface area (Å²) in [6, 6.07) is 12.0. The summed E-state index contributed by atoms with van der Waals surface area (Å²) in [6.45, 7) is 0.419.